The molecule has 2 heterocycles. The Morgan fingerprint density at radius 1 is 1.33 bits per heavy atom. The molecule has 21 heavy (non-hydrogen) atoms. The fourth-order valence-corrected chi connectivity index (χ4v) is 3.03. The summed E-state index contributed by atoms with van der Waals surface area (Å²) < 4.78 is 15.4. The van der Waals surface area contributed by atoms with Gasteiger partial charge in [-0.25, -0.2) is 4.98 Å². The van der Waals surface area contributed by atoms with Crippen LogP contribution in [0.2, 0.25) is 0 Å². The van der Waals surface area contributed by atoms with Crippen LogP contribution in [0.15, 0.2) is 22.6 Å². The Hall–Kier alpha value is -2.08. The zero-order chi connectivity index (χ0) is 15.0. The average molecular weight is 303 g/mol. The number of benzene rings is 1. The minimum Gasteiger partial charge on any atom is -0.497 e. The predicted octanol–water partition coefficient (Wildman–Crippen LogP) is 4.08. The van der Waals surface area contributed by atoms with Gasteiger partial charge in [0, 0.05) is 22.5 Å². The Bertz CT molecular complexity index is 778. The number of furan rings is 1. The number of aryl methyl sites for hydroxylation is 2. The molecule has 3 rings (SSSR count). The number of methoxy groups -OCH3 is 1. The van der Waals surface area contributed by atoms with E-state index >= 15 is 0 Å². The molecule has 0 fully saturated rings. The summed E-state index contributed by atoms with van der Waals surface area (Å²) in [5.74, 6) is 2.52. The fraction of sp³-hybridized carbons (Fsp3) is 0.333. The molecule has 110 valence electrons. The van der Waals surface area contributed by atoms with Crippen molar-refractivity contribution < 1.29 is 9.15 Å². The first kappa shape index (κ1) is 13.9. The molecule has 0 bridgehead atoms. The van der Waals surface area contributed by atoms with Crippen LogP contribution in [-0.2, 0) is 0 Å². The van der Waals surface area contributed by atoms with E-state index in [0.29, 0.717) is 0 Å². The van der Waals surface area contributed by atoms with Crippen LogP contribution in [-0.4, -0.2) is 16.5 Å². The molecule has 0 aliphatic carbocycles. The third-order valence-electron chi connectivity index (χ3n) is 3.44. The fourth-order valence-electron chi connectivity index (χ4n) is 2.37. The van der Waals surface area contributed by atoms with E-state index in [1.807, 2.05) is 25.1 Å². The van der Waals surface area contributed by atoms with Crippen LogP contribution in [0.3, 0.4) is 0 Å². The number of nitrogens with zero attached hydrogens (tertiary/aromatic N) is 2. The van der Waals surface area contributed by atoms with Crippen LogP contribution in [0.5, 0.6) is 5.75 Å². The number of fused-ring (bicyclic) bond motifs is 1. The van der Waals surface area contributed by atoms with Gasteiger partial charge in [0.15, 0.2) is 0 Å². The first-order valence-electron chi connectivity index (χ1n) is 6.72. The van der Waals surface area contributed by atoms with Crippen LogP contribution in [0.1, 0.15) is 30.1 Å². The lowest BCUT2D eigenvalue weighted by Gasteiger charge is -2.10. The van der Waals surface area contributed by atoms with Crippen molar-refractivity contribution >= 4 is 27.6 Å². The van der Waals surface area contributed by atoms with Gasteiger partial charge in [-0.15, -0.1) is 0 Å². The standard InChI is InChI=1S/C15H17N3O2S/c1-8-12-7-11(19-4)5-6-13(12)20-14(8)9(2)16-15-17-10(3)18-21-15/h5-7,9H,1-4H3,(H,16,17,18). The lowest BCUT2D eigenvalue weighted by Crippen LogP contribution is -2.06. The molecule has 5 nitrogen and oxygen atoms in total. The van der Waals surface area contributed by atoms with Gasteiger partial charge in [0.25, 0.3) is 0 Å². The maximum atomic E-state index is 5.98. The van der Waals surface area contributed by atoms with Crippen LogP contribution >= 0.6 is 11.5 Å². The first-order valence-corrected chi connectivity index (χ1v) is 7.49. The highest BCUT2D eigenvalue weighted by Gasteiger charge is 2.18. The predicted molar refractivity (Wildman–Crippen MR) is 84.2 cm³/mol. The molecule has 1 atom stereocenters. The Morgan fingerprint density at radius 3 is 2.81 bits per heavy atom. The number of hydrogen-bond donors (Lipinski definition) is 1. The molecule has 0 radical (unpaired) electrons. The SMILES string of the molecule is COc1ccc2oc(C(C)Nc3nc(C)ns3)c(C)c2c1. The molecule has 1 N–H and O–H groups in total. The number of aromatic nitrogens is 2. The van der Waals surface area contributed by atoms with Crippen LogP contribution in [0.4, 0.5) is 5.13 Å². The second kappa shape index (κ2) is 5.37. The van der Waals surface area contributed by atoms with E-state index in [-0.39, 0.29) is 6.04 Å². The highest BCUT2D eigenvalue weighted by Crippen LogP contribution is 2.33. The van der Waals surface area contributed by atoms with Gasteiger partial charge in [-0.3, -0.25) is 0 Å². The van der Waals surface area contributed by atoms with Crippen molar-refractivity contribution in [1.82, 2.24) is 9.36 Å². The van der Waals surface area contributed by atoms with Gasteiger partial charge in [-0.05, 0) is 39.0 Å². The van der Waals surface area contributed by atoms with Gasteiger partial charge in [-0.1, -0.05) is 0 Å². The smallest absolute Gasteiger partial charge is 0.203 e. The third kappa shape index (κ3) is 2.58. The van der Waals surface area contributed by atoms with Crippen LogP contribution < -0.4 is 10.1 Å². The molecule has 0 saturated carbocycles. The Morgan fingerprint density at radius 2 is 2.14 bits per heavy atom. The summed E-state index contributed by atoms with van der Waals surface area (Å²) in [5.41, 5.74) is 1.98. The zero-order valence-corrected chi connectivity index (χ0v) is 13.2. The number of nitrogens with one attached hydrogen (secondary N) is 1. The molecular weight excluding hydrogens is 286 g/mol. The van der Waals surface area contributed by atoms with Crippen LogP contribution in [0, 0.1) is 13.8 Å². The maximum absolute atomic E-state index is 5.98. The number of ether oxygens (including phenoxy) is 1. The topological polar surface area (TPSA) is 60.2 Å². The van der Waals surface area contributed by atoms with Crippen molar-refractivity contribution in [2.75, 3.05) is 12.4 Å². The number of hydrogen-bond acceptors (Lipinski definition) is 6. The molecule has 0 aliphatic heterocycles. The zero-order valence-electron chi connectivity index (χ0n) is 12.4. The Labute approximate surface area is 127 Å². The Kier molecular flexibility index (Phi) is 3.55. The largest absolute Gasteiger partial charge is 0.497 e. The van der Waals surface area contributed by atoms with Crippen LogP contribution in [0.25, 0.3) is 11.0 Å². The third-order valence-corrected chi connectivity index (χ3v) is 4.18. The van der Waals surface area contributed by atoms with Crippen molar-refractivity contribution in [3.05, 3.63) is 35.3 Å². The van der Waals surface area contributed by atoms with E-state index in [1.165, 1.54) is 11.5 Å². The average Bonchev–Trinajstić information content (AvgIpc) is 3.02. The van der Waals surface area contributed by atoms with Gasteiger partial charge in [0.1, 0.15) is 22.9 Å². The summed E-state index contributed by atoms with van der Waals surface area (Å²) >= 11 is 1.36. The molecule has 0 saturated heterocycles. The summed E-state index contributed by atoms with van der Waals surface area (Å²) in [6.45, 7) is 5.99. The van der Waals surface area contributed by atoms with E-state index in [4.69, 9.17) is 9.15 Å². The number of rotatable bonds is 4. The molecule has 0 amide bonds. The second-order valence-electron chi connectivity index (χ2n) is 4.97. The summed E-state index contributed by atoms with van der Waals surface area (Å²) in [4.78, 5) is 4.32. The maximum Gasteiger partial charge on any atom is 0.203 e. The highest BCUT2D eigenvalue weighted by molar-refractivity contribution is 7.09. The minimum atomic E-state index is 0.0238. The molecule has 1 unspecified atom stereocenters. The van der Waals surface area contributed by atoms with Crippen molar-refractivity contribution in [3.8, 4) is 5.75 Å². The van der Waals surface area contributed by atoms with E-state index in [2.05, 4.69) is 28.5 Å². The molecular formula is C15H17N3O2S. The first-order chi connectivity index (χ1) is 10.1. The van der Waals surface area contributed by atoms with Gasteiger partial charge in [-0.2, -0.15) is 4.37 Å². The lowest BCUT2D eigenvalue weighted by molar-refractivity contribution is 0.415. The monoisotopic (exact) mass is 303 g/mol. The van der Waals surface area contributed by atoms with E-state index in [9.17, 15) is 0 Å². The quantitative estimate of drug-likeness (QED) is 0.787. The molecule has 1 aromatic carbocycles. The Balaban J connectivity index is 1.94. The summed E-state index contributed by atoms with van der Waals surface area (Å²) in [5, 5.41) is 5.21. The van der Waals surface area contributed by atoms with E-state index < -0.39 is 0 Å². The molecule has 0 spiro atoms. The summed E-state index contributed by atoms with van der Waals surface area (Å²) in [6, 6.07) is 5.86. The van der Waals surface area contributed by atoms with Crippen molar-refractivity contribution in [3.63, 3.8) is 0 Å². The van der Waals surface area contributed by atoms with Crippen molar-refractivity contribution in [1.29, 1.82) is 0 Å². The molecule has 2 aromatic heterocycles. The highest BCUT2D eigenvalue weighted by atomic mass is 32.1. The van der Waals surface area contributed by atoms with Crippen molar-refractivity contribution in [2.45, 2.75) is 26.8 Å². The second-order valence-corrected chi connectivity index (χ2v) is 5.72. The van der Waals surface area contributed by atoms with Gasteiger partial charge >= 0.3 is 0 Å². The molecule has 0 aliphatic rings. The van der Waals surface area contributed by atoms with E-state index in [0.717, 1.165) is 39.0 Å². The lowest BCUT2D eigenvalue weighted by atomic mass is 10.1. The van der Waals surface area contributed by atoms with Gasteiger partial charge < -0.3 is 14.5 Å². The van der Waals surface area contributed by atoms with E-state index in [1.54, 1.807) is 7.11 Å². The molecule has 3 aromatic rings. The number of anilines is 1. The van der Waals surface area contributed by atoms with Crippen molar-refractivity contribution in [2.24, 2.45) is 0 Å². The molecule has 6 heteroatoms. The summed E-state index contributed by atoms with van der Waals surface area (Å²) in [7, 11) is 1.67. The normalized spacial score (nSPS) is 12.6. The van der Waals surface area contributed by atoms with Gasteiger partial charge in [0.05, 0.1) is 13.2 Å². The minimum absolute atomic E-state index is 0.0238. The van der Waals surface area contributed by atoms with Gasteiger partial charge in [0.2, 0.25) is 5.13 Å². The summed E-state index contributed by atoms with van der Waals surface area (Å²) in [6.07, 6.45) is 0.